The van der Waals surface area contributed by atoms with E-state index >= 15 is 0 Å². The molecule has 8 heteroatoms. The molecule has 152 valence electrons. The smallest absolute Gasteiger partial charge is 0.408 e. The van der Waals surface area contributed by atoms with E-state index in [2.05, 4.69) is 10.6 Å². The number of hydrogen-bond acceptors (Lipinski definition) is 5. The molecular weight excluding hydrogens is 368 g/mol. The fraction of sp³-hybridized carbons (Fsp3) is 0.579. The summed E-state index contributed by atoms with van der Waals surface area (Å²) < 4.78 is 30.7. The molecule has 1 aromatic rings. The summed E-state index contributed by atoms with van der Waals surface area (Å²) in [5.74, 6) is -0.823. The van der Waals surface area contributed by atoms with Crippen molar-refractivity contribution in [2.75, 3.05) is 0 Å². The van der Waals surface area contributed by atoms with Crippen molar-refractivity contribution in [3.63, 3.8) is 0 Å². The normalized spacial score (nSPS) is 14.3. The van der Waals surface area contributed by atoms with E-state index < -0.39 is 38.9 Å². The molecule has 0 saturated carbocycles. The van der Waals surface area contributed by atoms with Crippen LogP contribution >= 0.6 is 0 Å². The lowest BCUT2D eigenvalue weighted by molar-refractivity contribution is -0.124. The maximum absolute atomic E-state index is 12.8. The quantitative estimate of drug-likeness (QED) is 0.735. The van der Waals surface area contributed by atoms with Crippen LogP contribution in [0, 0.1) is 5.92 Å². The van der Waals surface area contributed by atoms with Gasteiger partial charge in [-0.1, -0.05) is 39.0 Å². The summed E-state index contributed by atoms with van der Waals surface area (Å²) in [5, 5.41) is 3.99. The highest BCUT2D eigenvalue weighted by Gasteiger charge is 2.32. The zero-order valence-corrected chi connectivity index (χ0v) is 17.6. The molecule has 0 aliphatic rings. The van der Waals surface area contributed by atoms with Crippen molar-refractivity contribution in [2.24, 2.45) is 5.92 Å². The number of sulfone groups is 1. The first kappa shape index (κ1) is 23.0. The van der Waals surface area contributed by atoms with E-state index in [1.165, 1.54) is 12.1 Å². The van der Waals surface area contributed by atoms with Gasteiger partial charge in [-0.3, -0.25) is 4.79 Å². The van der Waals surface area contributed by atoms with Gasteiger partial charge in [0.2, 0.25) is 5.91 Å². The fourth-order valence-electron chi connectivity index (χ4n) is 2.39. The Kier molecular flexibility index (Phi) is 7.83. The molecule has 27 heavy (non-hydrogen) atoms. The van der Waals surface area contributed by atoms with Crippen LogP contribution in [0.15, 0.2) is 35.2 Å². The highest BCUT2D eigenvalue weighted by Crippen LogP contribution is 2.17. The zero-order chi connectivity index (χ0) is 20.8. The van der Waals surface area contributed by atoms with Crippen molar-refractivity contribution >= 4 is 21.8 Å². The number of carbonyl (C=O) groups excluding carboxylic acids is 2. The van der Waals surface area contributed by atoms with E-state index in [4.69, 9.17) is 4.74 Å². The first-order valence-electron chi connectivity index (χ1n) is 8.97. The maximum Gasteiger partial charge on any atom is 0.408 e. The largest absolute Gasteiger partial charge is 0.444 e. The fourth-order valence-corrected chi connectivity index (χ4v) is 3.97. The number of amides is 2. The second-order valence-corrected chi connectivity index (χ2v) is 9.76. The summed E-state index contributed by atoms with van der Waals surface area (Å²) in [6, 6.07) is 7.04. The van der Waals surface area contributed by atoms with E-state index in [1.54, 1.807) is 59.7 Å². The number of nitrogens with one attached hydrogen (secondary N) is 2. The molecule has 1 rings (SSSR count). The number of benzene rings is 1. The number of hydrogen-bond donors (Lipinski definition) is 2. The predicted molar refractivity (Wildman–Crippen MR) is 104 cm³/mol. The number of carbonyl (C=O) groups is 2. The first-order valence-corrected chi connectivity index (χ1v) is 10.5. The summed E-state index contributed by atoms with van der Waals surface area (Å²) in [6.45, 7) is 10.4. The lowest BCUT2D eigenvalue weighted by Crippen LogP contribution is -2.54. The average Bonchev–Trinajstić information content (AvgIpc) is 2.56. The highest BCUT2D eigenvalue weighted by molar-refractivity contribution is 7.92. The number of rotatable bonds is 7. The summed E-state index contributed by atoms with van der Waals surface area (Å²) in [4.78, 5) is 24.8. The van der Waals surface area contributed by atoms with Gasteiger partial charge in [0, 0.05) is 0 Å². The van der Waals surface area contributed by atoms with Crippen LogP contribution in [-0.2, 0) is 19.4 Å². The van der Waals surface area contributed by atoms with Gasteiger partial charge in [-0.25, -0.2) is 13.2 Å². The predicted octanol–water partition coefficient (Wildman–Crippen LogP) is 2.86. The topological polar surface area (TPSA) is 102 Å². The Balaban J connectivity index is 2.95. The number of alkyl carbamates (subject to hydrolysis) is 1. The van der Waals surface area contributed by atoms with Gasteiger partial charge in [0.15, 0.2) is 9.84 Å². The molecule has 0 saturated heterocycles. The Bertz CT molecular complexity index is 739. The van der Waals surface area contributed by atoms with E-state index in [-0.39, 0.29) is 17.2 Å². The van der Waals surface area contributed by atoms with Gasteiger partial charge in [-0.05, 0) is 45.2 Å². The van der Waals surface area contributed by atoms with Crippen molar-refractivity contribution in [3.8, 4) is 0 Å². The molecule has 7 nitrogen and oxygen atoms in total. The molecule has 1 aromatic carbocycles. The van der Waals surface area contributed by atoms with Gasteiger partial charge in [-0.2, -0.15) is 0 Å². The summed E-state index contributed by atoms with van der Waals surface area (Å²) >= 11 is 0. The van der Waals surface area contributed by atoms with Crippen LogP contribution < -0.4 is 10.6 Å². The molecule has 2 N–H and O–H groups in total. The van der Waals surface area contributed by atoms with Crippen LogP contribution in [0.2, 0.25) is 0 Å². The van der Waals surface area contributed by atoms with Crippen molar-refractivity contribution in [3.05, 3.63) is 30.3 Å². The second kappa shape index (κ2) is 9.21. The average molecular weight is 399 g/mol. The SMILES string of the molecule is CCC(NC(=O)[C@@H](NC(=O)OC(C)(C)C)C(C)C)S(=O)(=O)c1ccccc1. The molecule has 0 aromatic heterocycles. The standard InChI is InChI=1S/C19H30N2O5S/c1-7-15(27(24,25)14-11-9-8-10-12-14)20-17(22)16(13(2)3)21-18(23)26-19(4,5)6/h8-13,15-16H,7H2,1-6H3,(H,20,22)(H,21,23)/t15?,16-/m0/s1. The van der Waals surface area contributed by atoms with Crippen LogP contribution in [0.1, 0.15) is 48.0 Å². The molecule has 0 aliphatic heterocycles. The summed E-state index contributed by atoms with van der Waals surface area (Å²) in [6.07, 6.45) is -0.532. The summed E-state index contributed by atoms with van der Waals surface area (Å²) in [5.41, 5.74) is -0.704. The Morgan fingerprint density at radius 3 is 2.07 bits per heavy atom. The minimum Gasteiger partial charge on any atom is -0.444 e. The van der Waals surface area contributed by atoms with Gasteiger partial charge >= 0.3 is 6.09 Å². The van der Waals surface area contributed by atoms with Crippen molar-refractivity contribution in [1.29, 1.82) is 0 Å². The lowest BCUT2D eigenvalue weighted by Gasteiger charge is -2.27. The van der Waals surface area contributed by atoms with Crippen LogP contribution in [0.5, 0.6) is 0 Å². The van der Waals surface area contributed by atoms with Gasteiger partial charge in [-0.15, -0.1) is 0 Å². The third kappa shape index (κ3) is 6.86. The van der Waals surface area contributed by atoms with Gasteiger partial charge < -0.3 is 15.4 Å². The Labute approximate surface area is 161 Å². The molecule has 0 bridgehead atoms. The molecule has 0 heterocycles. The molecule has 2 atom stereocenters. The maximum atomic E-state index is 12.8. The van der Waals surface area contributed by atoms with Crippen molar-refractivity contribution in [2.45, 2.75) is 69.9 Å². The van der Waals surface area contributed by atoms with Gasteiger partial charge in [0.25, 0.3) is 0 Å². The van der Waals surface area contributed by atoms with Crippen LogP contribution in [0.25, 0.3) is 0 Å². The van der Waals surface area contributed by atoms with Gasteiger partial charge in [0.1, 0.15) is 17.0 Å². The van der Waals surface area contributed by atoms with E-state index in [9.17, 15) is 18.0 Å². The van der Waals surface area contributed by atoms with Crippen LogP contribution in [-0.4, -0.2) is 37.4 Å². The van der Waals surface area contributed by atoms with Gasteiger partial charge in [0.05, 0.1) is 4.90 Å². The Hall–Kier alpha value is -2.09. The first-order chi connectivity index (χ1) is 12.4. The Morgan fingerprint density at radius 1 is 1.07 bits per heavy atom. The second-order valence-electron chi connectivity index (χ2n) is 7.63. The van der Waals surface area contributed by atoms with Crippen LogP contribution in [0.3, 0.4) is 0 Å². The molecule has 0 aliphatic carbocycles. The van der Waals surface area contributed by atoms with Crippen LogP contribution in [0.4, 0.5) is 4.79 Å². The van der Waals surface area contributed by atoms with E-state index in [1.807, 2.05) is 0 Å². The monoisotopic (exact) mass is 398 g/mol. The zero-order valence-electron chi connectivity index (χ0n) is 16.8. The van der Waals surface area contributed by atoms with E-state index in [0.717, 1.165) is 0 Å². The Morgan fingerprint density at radius 2 is 1.63 bits per heavy atom. The minimum atomic E-state index is -3.74. The molecule has 0 spiro atoms. The highest BCUT2D eigenvalue weighted by atomic mass is 32.2. The van der Waals surface area contributed by atoms with Crippen molar-refractivity contribution < 1.29 is 22.7 Å². The summed E-state index contributed by atoms with van der Waals surface area (Å²) in [7, 11) is -3.74. The number of ether oxygens (including phenoxy) is 1. The third-order valence-electron chi connectivity index (χ3n) is 3.74. The molecular formula is C19H30N2O5S. The molecule has 2 amide bonds. The third-order valence-corrected chi connectivity index (χ3v) is 5.87. The molecule has 0 fully saturated rings. The molecule has 1 unspecified atom stereocenters. The lowest BCUT2D eigenvalue weighted by atomic mass is 10.0. The van der Waals surface area contributed by atoms with E-state index in [0.29, 0.717) is 0 Å². The van der Waals surface area contributed by atoms with Crippen molar-refractivity contribution in [1.82, 2.24) is 10.6 Å². The molecule has 0 radical (unpaired) electrons. The minimum absolute atomic E-state index is 0.137.